The third-order valence-electron chi connectivity index (χ3n) is 3.70. The van der Waals surface area contributed by atoms with Crippen LogP contribution in [0.15, 0.2) is 48.5 Å². The highest BCUT2D eigenvalue weighted by molar-refractivity contribution is 5.93. The van der Waals surface area contributed by atoms with E-state index in [9.17, 15) is 22.8 Å². The molecule has 1 N–H and O–H groups in total. The average Bonchev–Trinajstić information content (AvgIpc) is 2.66. The third-order valence-corrected chi connectivity index (χ3v) is 3.70. The molecule has 0 saturated carbocycles. The van der Waals surface area contributed by atoms with Gasteiger partial charge in [-0.25, -0.2) is 4.79 Å². The first-order chi connectivity index (χ1) is 13.3. The molecule has 1 amide bonds. The SMILES string of the molecule is CCCCOC(=O)c1ccc(OCC(=O)Nc2ccccc2C(F)(F)F)cc1. The zero-order valence-corrected chi connectivity index (χ0v) is 15.2. The lowest BCUT2D eigenvalue weighted by Crippen LogP contribution is -2.22. The van der Waals surface area contributed by atoms with Crippen molar-refractivity contribution in [2.24, 2.45) is 0 Å². The van der Waals surface area contributed by atoms with Gasteiger partial charge in [0, 0.05) is 0 Å². The molecular weight excluding hydrogens is 375 g/mol. The second kappa shape index (κ2) is 9.77. The van der Waals surface area contributed by atoms with Crippen molar-refractivity contribution < 1.29 is 32.2 Å². The Morgan fingerprint density at radius 2 is 1.71 bits per heavy atom. The van der Waals surface area contributed by atoms with E-state index in [1.165, 1.54) is 42.5 Å². The molecule has 0 saturated heterocycles. The van der Waals surface area contributed by atoms with Crippen LogP contribution in [0.2, 0.25) is 0 Å². The van der Waals surface area contributed by atoms with Gasteiger partial charge in [0.1, 0.15) is 5.75 Å². The molecule has 0 radical (unpaired) electrons. The summed E-state index contributed by atoms with van der Waals surface area (Å²) in [6.45, 7) is 1.84. The number of hydrogen-bond donors (Lipinski definition) is 1. The van der Waals surface area contributed by atoms with E-state index in [1.807, 2.05) is 6.92 Å². The monoisotopic (exact) mass is 395 g/mol. The van der Waals surface area contributed by atoms with E-state index < -0.39 is 30.2 Å². The van der Waals surface area contributed by atoms with Crippen molar-refractivity contribution >= 4 is 17.6 Å². The number of para-hydroxylation sites is 1. The molecule has 0 unspecified atom stereocenters. The first-order valence-corrected chi connectivity index (χ1v) is 8.67. The fourth-order valence-corrected chi connectivity index (χ4v) is 2.25. The number of unbranched alkanes of at least 4 members (excludes halogenated alkanes) is 1. The van der Waals surface area contributed by atoms with Crippen LogP contribution in [0.1, 0.15) is 35.7 Å². The van der Waals surface area contributed by atoms with Crippen LogP contribution in [-0.2, 0) is 15.7 Å². The molecule has 0 aromatic heterocycles. The zero-order chi connectivity index (χ0) is 20.6. The molecule has 5 nitrogen and oxygen atoms in total. The first kappa shape index (κ1) is 21.3. The highest BCUT2D eigenvalue weighted by Crippen LogP contribution is 2.34. The van der Waals surface area contributed by atoms with Crippen LogP contribution < -0.4 is 10.1 Å². The molecule has 0 aliphatic rings. The van der Waals surface area contributed by atoms with Gasteiger partial charge in [-0.1, -0.05) is 25.5 Å². The average molecular weight is 395 g/mol. The number of carbonyl (C=O) groups excluding carboxylic acids is 2. The number of nitrogens with one attached hydrogen (secondary N) is 1. The number of halogens is 3. The van der Waals surface area contributed by atoms with Crippen LogP contribution in [0, 0.1) is 0 Å². The second-order valence-corrected chi connectivity index (χ2v) is 5.89. The molecule has 150 valence electrons. The number of hydrogen-bond acceptors (Lipinski definition) is 4. The molecule has 2 aromatic rings. The molecule has 2 aromatic carbocycles. The minimum absolute atomic E-state index is 0.296. The highest BCUT2D eigenvalue weighted by Gasteiger charge is 2.33. The van der Waals surface area contributed by atoms with Gasteiger partial charge < -0.3 is 14.8 Å². The topological polar surface area (TPSA) is 64.6 Å². The summed E-state index contributed by atoms with van der Waals surface area (Å²) in [4.78, 5) is 23.7. The number of carbonyl (C=O) groups is 2. The summed E-state index contributed by atoms with van der Waals surface area (Å²) < 4.78 is 49.1. The Labute approximate surface area is 160 Å². The number of alkyl halides is 3. The molecule has 0 aliphatic carbocycles. The predicted molar refractivity (Wildman–Crippen MR) is 97.2 cm³/mol. The van der Waals surface area contributed by atoms with E-state index in [-0.39, 0.29) is 5.69 Å². The van der Waals surface area contributed by atoms with Crippen LogP contribution in [0.5, 0.6) is 5.75 Å². The smallest absolute Gasteiger partial charge is 0.418 e. The van der Waals surface area contributed by atoms with Crippen molar-refractivity contribution in [3.63, 3.8) is 0 Å². The molecule has 28 heavy (non-hydrogen) atoms. The fraction of sp³-hybridized carbons (Fsp3) is 0.300. The van der Waals surface area contributed by atoms with E-state index in [0.29, 0.717) is 17.9 Å². The summed E-state index contributed by atoms with van der Waals surface area (Å²) in [6, 6.07) is 10.6. The molecule has 8 heteroatoms. The second-order valence-electron chi connectivity index (χ2n) is 5.89. The van der Waals surface area contributed by atoms with E-state index in [1.54, 1.807) is 0 Å². The number of rotatable bonds is 8. The number of benzene rings is 2. The van der Waals surface area contributed by atoms with Crippen molar-refractivity contribution in [2.75, 3.05) is 18.5 Å². The number of amides is 1. The van der Waals surface area contributed by atoms with Gasteiger partial charge >= 0.3 is 12.1 Å². The Bertz CT molecular complexity index is 804. The fourth-order valence-electron chi connectivity index (χ4n) is 2.25. The summed E-state index contributed by atoms with van der Waals surface area (Å²) in [5.74, 6) is -0.898. The maximum absolute atomic E-state index is 12.9. The largest absolute Gasteiger partial charge is 0.484 e. The standard InChI is InChI=1S/C20H20F3NO4/c1-2-3-12-27-19(26)14-8-10-15(11-9-14)28-13-18(25)24-17-7-5-4-6-16(17)20(21,22)23/h4-11H,2-3,12-13H2,1H3,(H,24,25). The minimum atomic E-state index is -4.58. The van der Waals surface area contributed by atoms with E-state index in [2.05, 4.69) is 5.32 Å². The lowest BCUT2D eigenvalue weighted by Gasteiger charge is -2.13. The van der Waals surface area contributed by atoms with Gasteiger partial charge in [0.15, 0.2) is 6.61 Å². The summed E-state index contributed by atoms with van der Waals surface area (Å²) in [5, 5.41) is 2.19. The van der Waals surface area contributed by atoms with Crippen LogP contribution in [0.3, 0.4) is 0 Å². The molecule has 0 aliphatic heterocycles. The molecule has 0 heterocycles. The van der Waals surface area contributed by atoms with Crippen molar-refractivity contribution in [3.05, 3.63) is 59.7 Å². The quantitative estimate of drug-likeness (QED) is 0.521. The summed E-state index contributed by atoms with van der Waals surface area (Å²) >= 11 is 0. The van der Waals surface area contributed by atoms with Gasteiger partial charge in [-0.2, -0.15) is 13.2 Å². The Kier molecular flexibility index (Phi) is 7.43. The van der Waals surface area contributed by atoms with Crippen LogP contribution in [-0.4, -0.2) is 25.1 Å². The summed E-state index contributed by atoms with van der Waals surface area (Å²) in [5.41, 5.74) is -0.935. The van der Waals surface area contributed by atoms with Crippen molar-refractivity contribution in [3.8, 4) is 5.75 Å². The van der Waals surface area contributed by atoms with Gasteiger partial charge in [-0.05, 0) is 42.8 Å². The predicted octanol–water partition coefficient (Wildman–Crippen LogP) is 4.68. The highest BCUT2D eigenvalue weighted by atomic mass is 19.4. The zero-order valence-electron chi connectivity index (χ0n) is 15.2. The molecule has 0 bridgehead atoms. The van der Waals surface area contributed by atoms with Gasteiger partial charge in [-0.3, -0.25) is 4.79 Å². The number of esters is 1. The lowest BCUT2D eigenvalue weighted by molar-refractivity contribution is -0.137. The number of anilines is 1. The number of ether oxygens (including phenoxy) is 2. The lowest BCUT2D eigenvalue weighted by atomic mass is 10.1. The molecular formula is C20H20F3NO4. The minimum Gasteiger partial charge on any atom is -0.484 e. The molecule has 0 spiro atoms. The van der Waals surface area contributed by atoms with Gasteiger partial charge in [0.25, 0.3) is 5.91 Å². The van der Waals surface area contributed by atoms with Crippen LogP contribution >= 0.6 is 0 Å². The molecule has 0 atom stereocenters. The van der Waals surface area contributed by atoms with Gasteiger partial charge in [0.2, 0.25) is 0 Å². The normalized spacial score (nSPS) is 11.0. The third kappa shape index (κ3) is 6.29. The van der Waals surface area contributed by atoms with E-state index >= 15 is 0 Å². The maximum Gasteiger partial charge on any atom is 0.418 e. The van der Waals surface area contributed by atoms with Crippen molar-refractivity contribution in [1.82, 2.24) is 0 Å². The van der Waals surface area contributed by atoms with Crippen molar-refractivity contribution in [2.45, 2.75) is 25.9 Å². The van der Waals surface area contributed by atoms with Crippen molar-refractivity contribution in [1.29, 1.82) is 0 Å². The Balaban J connectivity index is 1.89. The molecule has 2 rings (SSSR count). The van der Waals surface area contributed by atoms with Gasteiger partial charge in [0.05, 0.1) is 23.4 Å². The summed E-state index contributed by atoms with van der Waals surface area (Å²) in [6.07, 6.45) is -2.89. The Morgan fingerprint density at radius 3 is 2.36 bits per heavy atom. The summed E-state index contributed by atoms with van der Waals surface area (Å²) in [7, 11) is 0. The Hall–Kier alpha value is -3.03. The van der Waals surface area contributed by atoms with Crippen LogP contribution in [0.25, 0.3) is 0 Å². The first-order valence-electron chi connectivity index (χ1n) is 8.67. The van der Waals surface area contributed by atoms with E-state index in [0.717, 1.165) is 18.9 Å². The molecule has 0 fully saturated rings. The van der Waals surface area contributed by atoms with E-state index in [4.69, 9.17) is 9.47 Å². The maximum atomic E-state index is 12.9. The van der Waals surface area contributed by atoms with Gasteiger partial charge in [-0.15, -0.1) is 0 Å². The van der Waals surface area contributed by atoms with Crippen LogP contribution in [0.4, 0.5) is 18.9 Å². The Morgan fingerprint density at radius 1 is 1.04 bits per heavy atom.